The van der Waals surface area contributed by atoms with E-state index in [0.717, 1.165) is 32.1 Å². The highest BCUT2D eigenvalue weighted by molar-refractivity contribution is 6.31. The molecule has 2 rings (SSSR count). The molecule has 1 aliphatic carbocycles. The van der Waals surface area contributed by atoms with Crippen molar-refractivity contribution in [1.29, 1.82) is 5.26 Å². The number of halogens is 2. The van der Waals surface area contributed by atoms with Gasteiger partial charge in [0.05, 0.1) is 6.07 Å². The number of Topliss-reactive ketones (excluding diaryl/α,β-unsaturated/α-hetero) is 1. The number of hydrogen-bond donors (Lipinski definition) is 0. The standard InChI is InChI=1S/C16H17ClFNO/c1-16(8-3-2-4-9-16)15(20)11(10-19)14-12(17)6-5-7-13(14)18/h5-7,11H,2-4,8-9H2,1H3. The maximum atomic E-state index is 14.0. The summed E-state index contributed by atoms with van der Waals surface area (Å²) in [6.45, 7) is 1.88. The first-order chi connectivity index (χ1) is 9.49. The number of carbonyl (C=O) groups excluding carboxylic acids is 1. The molecule has 0 heterocycles. The molecule has 1 aromatic carbocycles. The highest BCUT2D eigenvalue weighted by atomic mass is 35.5. The van der Waals surface area contributed by atoms with E-state index in [4.69, 9.17) is 11.6 Å². The Hall–Kier alpha value is -1.40. The minimum atomic E-state index is -1.12. The van der Waals surface area contributed by atoms with Crippen LogP contribution in [-0.2, 0) is 4.79 Å². The molecule has 0 aromatic heterocycles. The van der Waals surface area contributed by atoms with Crippen molar-refractivity contribution in [3.63, 3.8) is 0 Å². The third kappa shape index (κ3) is 2.71. The number of hydrogen-bond acceptors (Lipinski definition) is 2. The molecule has 0 bridgehead atoms. The van der Waals surface area contributed by atoms with Gasteiger partial charge in [-0.2, -0.15) is 5.26 Å². The lowest BCUT2D eigenvalue weighted by Gasteiger charge is -2.33. The summed E-state index contributed by atoms with van der Waals surface area (Å²) < 4.78 is 14.0. The Kier molecular flexibility index (Phi) is 4.45. The lowest BCUT2D eigenvalue weighted by atomic mass is 9.68. The molecule has 0 amide bonds. The molecule has 0 aliphatic heterocycles. The van der Waals surface area contributed by atoms with Crippen LogP contribution in [0, 0.1) is 22.6 Å². The highest BCUT2D eigenvalue weighted by Crippen LogP contribution is 2.41. The van der Waals surface area contributed by atoms with E-state index < -0.39 is 17.2 Å². The van der Waals surface area contributed by atoms with E-state index in [2.05, 4.69) is 0 Å². The second-order valence-corrected chi connectivity index (χ2v) is 6.09. The molecule has 1 saturated carbocycles. The number of carbonyl (C=O) groups is 1. The first-order valence-corrected chi connectivity index (χ1v) is 7.25. The quantitative estimate of drug-likeness (QED) is 0.815. The van der Waals surface area contributed by atoms with Crippen LogP contribution in [0.4, 0.5) is 4.39 Å². The summed E-state index contributed by atoms with van der Waals surface area (Å²) in [6, 6.07) is 6.18. The van der Waals surface area contributed by atoms with Gasteiger partial charge in [0.2, 0.25) is 0 Å². The average molecular weight is 294 g/mol. The van der Waals surface area contributed by atoms with E-state index in [-0.39, 0.29) is 16.4 Å². The Balaban J connectivity index is 2.38. The van der Waals surface area contributed by atoms with Crippen LogP contribution in [0.1, 0.15) is 50.5 Å². The lowest BCUT2D eigenvalue weighted by molar-refractivity contribution is -0.130. The molecular weight excluding hydrogens is 277 g/mol. The fraction of sp³-hybridized carbons (Fsp3) is 0.500. The van der Waals surface area contributed by atoms with E-state index in [1.165, 1.54) is 18.2 Å². The number of rotatable bonds is 3. The number of nitrogens with zero attached hydrogens (tertiary/aromatic N) is 1. The zero-order valence-corrected chi connectivity index (χ0v) is 12.2. The molecule has 1 unspecified atom stereocenters. The first kappa shape index (κ1) is 15.0. The highest BCUT2D eigenvalue weighted by Gasteiger charge is 2.40. The van der Waals surface area contributed by atoms with Gasteiger partial charge >= 0.3 is 0 Å². The molecule has 4 heteroatoms. The van der Waals surface area contributed by atoms with Gasteiger partial charge in [0.15, 0.2) is 5.78 Å². The Labute approximate surface area is 123 Å². The fourth-order valence-electron chi connectivity index (χ4n) is 2.97. The Morgan fingerprint density at radius 2 is 2.05 bits per heavy atom. The van der Waals surface area contributed by atoms with Crippen molar-refractivity contribution in [2.75, 3.05) is 0 Å². The van der Waals surface area contributed by atoms with Crippen LogP contribution in [0.5, 0.6) is 0 Å². The summed E-state index contributed by atoms with van der Waals surface area (Å²) in [5, 5.41) is 9.49. The van der Waals surface area contributed by atoms with Gasteiger partial charge < -0.3 is 0 Å². The molecule has 0 spiro atoms. The van der Waals surface area contributed by atoms with Crippen LogP contribution in [0.25, 0.3) is 0 Å². The summed E-state index contributed by atoms with van der Waals surface area (Å²) in [5.41, 5.74) is -0.516. The molecule has 1 aromatic rings. The van der Waals surface area contributed by atoms with E-state index in [0.29, 0.717) is 0 Å². The van der Waals surface area contributed by atoms with Crippen molar-refractivity contribution in [3.05, 3.63) is 34.6 Å². The van der Waals surface area contributed by atoms with Crippen molar-refractivity contribution in [1.82, 2.24) is 0 Å². The SMILES string of the molecule is CC1(C(=O)C(C#N)c2c(F)cccc2Cl)CCCCC1. The monoisotopic (exact) mass is 293 g/mol. The molecule has 1 atom stereocenters. The van der Waals surface area contributed by atoms with Gasteiger partial charge in [-0.25, -0.2) is 4.39 Å². The van der Waals surface area contributed by atoms with Gasteiger partial charge in [-0.1, -0.05) is 43.9 Å². The van der Waals surface area contributed by atoms with Crippen molar-refractivity contribution >= 4 is 17.4 Å². The van der Waals surface area contributed by atoms with Crippen molar-refractivity contribution in [2.24, 2.45) is 5.41 Å². The van der Waals surface area contributed by atoms with Gasteiger partial charge in [-0.3, -0.25) is 4.79 Å². The van der Waals surface area contributed by atoms with E-state index in [1.807, 2.05) is 13.0 Å². The average Bonchev–Trinajstić information content (AvgIpc) is 2.43. The molecule has 20 heavy (non-hydrogen) atoms. The van der Waals surface area contributed by atoms with Crippen LogP contribution in [0.2, 0.25) is 5.02 Å². The van der Waals surface area contributed by atoms with Gasteiger partial charge in [0.1, 0.15) is 11.7 Å². The summed E-state index contributed by atoms with van der Waals surface area (Å²) in [5.74, 6) is -1.91. The minimum absolute atomic E-state index is 0.0217. The van der Waals surface area contributed by atoms with E-state index >= 15 is 0 Å². The third-order valence-electron chi connectivity index (χ3n) is 4.23. The number of nitriles is 1. The predicted molar refractivity (Wildman–Crippen MR) is 76.0 cm³/mol. The van der Waals surface area contributed by atoms with Crippen LogP contribution >= 0.6 is 11.6 Å². The van der Waals surface area contributed by atoms with Crippen LogP contribution in [0.3, 0.4) is 0 Å². The van der Waals surface area contributed by atoms with Gasteiger partial charge in [0.25, 0.3) is 0 Å². The first-order valence-electron chi connectivity index (χ1n) is 6.87. The topological polar surface area (TPSA) is 40.9 Å². The van der Waals surface area contributed by atoms with Crippen molar-refractivity contribution < 1.29 is 9.18 Å². The van der Waals surface area contributed by atoms with Gasteiger partial charge in [-0.05, 0) is 25.0 Å². The van der Waals surface area contributed by atoms with Gasteiger partial charge in [-0.15, -0.1) is 0 Å². The van der Waals surface area contributed by atoms with E-state index in [1.54, 1.807) is 0 Å². The summed E-state index contributed by atoms with van der Waals surface area (Å²) >= 11 is 5.99. The molecule has 2 nitrogen and oxygen atoms in total. The Morgan fingerprint density at radius 3 is 2.60 bits per heavy atom. The summed E-state index contributed by atoms with van der Waals surface area (Å²) in [6.07, 6.45) is 4.59. The molecule has 0 radical (unpaired) electrons. The largest absolute Gasteiger partial charge is 0.297 e. The zero-order valence-electron chi connectivity index (χ0n) is 11.5. The van der Waals surface area contributed by atoms with Crippen LogP contribution in [-0.4, -0.2) is 5.78 Å². The smallest absolute Gasteiger partial charge is 0.160 e. The lowest BCUT2D eigenvalue weighted by Crippen LogP contribution is -2.34. The van der Waals surface area contributed by atoms with Gasteiger partial charge in [0, 0.05) is 16.0 Å². The Morgan fingerprint density at radius 1 is 1.40 bits per heavy atom. The number of ketones is 1. The third-order valence-corrected chi connectivity index (χ3v) is 4.56. The van der Waals surface area contributed by atoms with Crippen molar-refractivity contribution in [2.45, 2.75) is 44.9 Å². The molecular formula is C16H17ClFNO. The summed E-state index contributed by atoms with van der Waals surface area (Å²) in [7, 11) is 0. The fourth-order valence-corrected chi connectivity index (χ4v) is 3.24. The predicted octanol–water partition coefficient (Wildman–Crippen LogP) is 4.63. The zero-order chi connectivity index (χ0) is 14.8. The second kappa shape index (κ2) is 5.93. The molecule has 0 saturated heterocycles. The number of benzene rings is 1. The minimum Gasteiger partial charge on any atom is -0.297 e. The summed E-state index contributed by atoms with van der Waals surface area (Å²) in [4.78, 5) is 12.7. The maximum Gasteiger partial charge on any atom is 0.160 e. The van der Waals surface area contributed by atoms with Crippen molar-refractivity contribution in [3.8, 4) is 6.07 Å². The molecule has 0 N–H and O–H groups in total. The normalized spacial score (nSPS) is 19.1. The second-order valence-electron chi connectivity index (χ2n) is 5.68. The van der Waals surface area contributed by atoms with Crippen LogP contribution < -0.4 is 0 Å². The van der Waals surface area contributed by atoms with E-state index in [9.17, 15) is 14.4 Å². The Bertz CT molecular complexity index is 538. The maximum absolute atomic E-state index is 14.0. The van der Waals surface area contributed by atoms with Crippen LogP contribution in [0.15, 0.2) is 18.2 Å². The molecule has 1 fully saturated rings. The molecule has 1 aliphatic rings. The molecule has 106 valence electrons.